The molecule has 3 heteroatoms. The Morgan fingerprint density at radius 2 is 1.83 bits per heavy atom. The molecule has 0 N–H and O–H groups in total. The highest BCUT2D eigenvalue weighted by atomic mass is 16.5. The smallest absolute Gasteiger partial charge is 0.161 e. The van der Waals surface area contributed by atoms with Gasteiger partial charge in [0, 0.05) is 0 Å². The molecular formula is C15H20O3. The van der Waals surface area contributed by atoms with Crippen LogP contribution in [0.25, 0.3) is 0 Å². The van der Waals surface area contributed by atoms with Gasteiger partial charge in [-0.25, -0.2) is 0 Å². The molecule has 0 amide bonds. The third-order valence-electron chi connectivity index (χ3n) is 4.51. The van der Waals surface area contributed by atoms with Gasteiger partial charge in [0.1, 0.15) is 0 Å². The summed E-state index contributed by atoms with van der Waals surface area (Å²) in [5.41, 5.74) is 2.80. The summed E-state index contributed by atoms with van der Waals surface area (Å²) < 4.78 is 16.4. The van der Waals surface area contributed by atoms with Gasteiger partial charge in [-0.3, -0.25) is 0 Å². The Labute approximate surface area is 108 Å². The van der Waals surface area contributed by atoms with E-state index < -0.39 is 0 Å². The van der Waals surface area contributed by atoms with Crippen molar-refractivity contribution in [2.75, 3.05) is 27.4 Å². The highest BCUT2D eigenvalue weighted by molar-refractivity contribution is 5.50. The van der Waals surface area contributed by atoms with E-state index in [2.05, 4.69) is 19.1 Å². The fourth-order valence-corrected chi connectivity index (χ4v) is 3.43. The summed E-state index contributed by atoms with van der Waals surface area (Å²) >= 11 is 0. The quantitative estimate of drug-likeness (QED) is 0.805. The van der Waals surface area contributed by atoms with E-state index in [9.17, 15) is 0 Å². The van der Waals surface area contributed by atoms with E-state index in [-0.39, 0.29) is 0 Å². The zero-order chi connectivity index (χ0) is 12.7. The van der Waals surface area contributed by atoms with E-state index in [1.54, 1.807) is 14.2 Å². The molecule has 3 nitrogen and oxygen atoms in total. The van der Waals surface area contributed by atoms with Crippen LogP contribution in [0.1, 0.15) is 24.0 Å². The number of benzene rings is 1. The van der Waals surface area contributed by atoms with E-state index >= 15 is 0 Å². The maximum atomic E-state index is 5.64. The van der Waals surface area contributed by atoms with Gasteiger partial charge in [0.2, 0.25) is 0 Å². The standard InChI is InChI=1S/C15H20O3/c1-9-12-6-15(17-3)14(16-2)5-10(12)4-11-7-18-8-13(9)11/h5-6,9,11,13H,4,7-8H2,1-3H3/t9-,11+,13+/m0/s1. The van der Waals surface area contributed by atoms with Crippen LogP contribution in [0.2, 0.25) is 0 Å². The molecule has 1 aromatic carbocycles. The predicted octanol–water partition coefficient (Wildman–Crippen LogP) is 2.63. The summed E-state index contributed by atoms with van der Waals surface area (Å²) in [7, 11) is 3.39. The van der Waals surface area contributed by atoms with Crippen LogP contribution >= 0.6 is 0 Å². The van der Waals surface area contributed by atoms with Crippen molar-refractivity contribution in [1.29, 1.82) is 0 Å². The van der Waals surface area contributed by atoms with Crippen molar-refractivity contribution < 1.29 is 14.2 Å². The van der Waals surface area contributed by atoms with Gasteiger partial charge in [0.25, 0.3) is 0 Å². The Morgan fingerprint density at radius 1 is 1.11 bits per heavy atom. The first-order chi connectivity index (χ1) is 8.74. The summed E-state index contributed by atoms with van der Waals surface area (Å²) in [6.07, 6.45) is 1.10. The lowest BCUT2D eigenvalue weighted by molar-refractivity contribution is 0.179. The summed E-state index contributed by atoms with van der Waals surface area (Å²) in [4.78, 5) is 0. The number of ether oxygens (including phenoxy) is 3. The van der Waals surface area contributed by atoms with Crippen LogP contribution in [0, 0.1) is 11.8 Å². The van der Waals surface area contributed by atoms with E-state index in [4.69, 9.17) is 14.2 Å². The molecule has 1 saturated heterocycles. The summed E-state index contributed by atoms with van der Waals surface area (Å²) in [6.45, 7) is 4.11. The number of rotatable bonds is 2. The molecule has 0 bridgehead atoms. The second-order valence-corrected chi connectivity index (χ2v) is 5.36. The Bertz CT molecular complexity index is 455. The second-order valence-electron chi connectivity index (χ2n) is 5.36. The highest BCUT2D eigenvalue weighted by Crippen LogP contribution is 2.45. The lowest BCUT2D eigenvalue weighted by Crippen LogP contribution is -2.27. The first-order valence-electron chi connectivity index (χ1n) is 6.57. The molecule has 1 aliphatic carbocycles. The predicted molar refractivity (Wildman–Crippen MR) is 69.5 cm³/mol. The zero-order valence-corrected chi connectivity index (χ0v) is 11.2. The lowest BCUT2D eigenvalue weighted by Gasteiger charge is -2.33. The monoisotopic (exact) mass is 248 g/mol. The topological polar surface area (TPSA) is 27.7 Å². The molecule has 98 valence electrons. The Balaban J connectivity index is 2.05. The minimum absolute atomic E-state index is 0.543. The molecule has 0 saturated carbocycles. The molecule has 1 aromatic rings. The molecule has 3 rings (SSSR count). The Morgan fingerprint density at radius 3 is 2.56 bits per heavy atom. The molecule has 3 atom stereocenters. The van der Waals surface area contributed by atoms with Crippen LogP contribution in [-0.2, 0) is 11.2 Å². The highest BCUT2D eigenvalue weighted by Gasteiger charge is 2.38. The van der Waals surface area contributed by atoms with Crippen molar-refractivity contribution in [2.24, 2.45) is 11.8 Å². The van der Waals surface area contributed by atoms with E-state index in [0.29, 0.717) is 17.8 Å². The van der Waals surface area contributed by atoms with Crippen LogP contribution in [0.3, 0.4) is 0 Å². The van der Waals surface area contributed by atoms with E-state index in [1.807, 2.05) is 0 Å². The number of fused-ring (bicyclic) bond motifs is 2. The molecule has 2 aliphatic rings. The maximum Gasteiger partial charge on any atom is 0.161 e. The Kier molecular flexibility index (Phi) is 2.94. The van der Waals surface area contributed by atoms with Gasteiger partial charge in [0.15, 0.2) is 11.5 Å². The molecule has 1 fully saturated rings. The molecule has 0 aromatic heterocycles. The van der Waals surface area contributed by atoms with Crippen molar-refractivity contribution >= 4 is 0 Å². The number of hydrogen-bond acceptors (Lipinski definition) is 3. The lowest BCUT2D eigenvalue weighted by atomic mass is 9.71. The molecule has 0 unspecified atom stereocenters. The molecule has 18 heavy (non-hydrogen) atoms. The molecular weight excluding hydrogens is 228 g/mol. The van der Waals surface area contributed by atoms with E-state index in [0.717, 1.165) is 31.1 Å². The van der Waals surface area contributed by atoms with Crippen LogP contribution in [0.15, 0.2) is 12.1 Å². The van der Waals surface area contributed by atoms with Crippen LogP contribution in [-0.4, -0.2) is 27.4 Å². The second kappa shape index (κ2) is 4.47. The van der Waals surface area contributed by atoms with Gasteiger partial charge in [-0.1, -0.05) is 6.92 Å². The fourth-order valence-electron chi connectivity index (χ4n) is 3.43. The molecule has 0 radical (unpaired) electrons. The summed E-state index contributed by atoms with van der Waals surface area (Å²) in [5, 5.41) is 0. The summed E-state index contributed by atoms with van der Waals surface area (Å²) in [5.74, 6) is 3.54. The number of methoxy groups -OCH3 is 2. The van der Waals surface area contributed by atoms with Gasteiger partial charge in [0.05, 0.1) is 27.4 Å². The van der Waals surface area contributed by atoms with Gasteiger partial charge in [-0.05, 0) is 47.4 Å². The minimum atomic E-state index is 0.543. The first kappa shape index (κ1) is 11.8. The van der Waals surface area contributed by atoms with Crippen molar-refractivity contribution in [3.05, 3.63) is 23.3 Å². The largest absolute Gasteiger partial charge is 0.493 e. The third-order valence-corrected chi connectivity index (χ3v) is 4.51. The van der Waals surface area contributed by atoms with Crippen molar-refractivity contribution in [2.45, 2.75) is 19.3 Å². The van der Waals surface area contributed by atoms with Crippen molar-refractivity contribution in [3.63, 3.8) is 0 Å². The minimum Gasteiger partial charge on any atom is -0.493 e. The van der Waals surface area contributed by atoms with Crippen molar-refractivity contribution in [3.8, 4) is 11.5 Å². The normalized spacial score (nSPS) is 29.6. The Hall–Kier alpha value is -1.22. The zero-order valence-electron chi connectivity index (χ0n) is 11.2. The third kappa shape index (κ3) is 1.69. The van der Waals surface area contributed by atoms with Crippen LogP contribution in [0.4, 0.5) is 0 Å². The summed E-state index contributed by atoms with van der Waals surface area (Å²) in [6, 6.07) is 4.28. The average molecular weight is 248 g/mol. The van der Waals surface area contributed by atoms with Gasteiger partial charge < -0.3 is 14.2 Å². The fraction of sp³-hybridized carbons (Fsp3) is 0.600. The van der Waals surface area contributed by atoms with Crippen LogP contribution < -0.4 is 9.47 Å². The molecule has 0 spiro atoms. The molecule has 1 aliphatic heterocycles. The first-order valence-corrected chi connectivity index (χ1v) is 6.57. The maximum absolute atomic E-state index is 5.64. The van der Waals surface area contributed by atoms with E-state index in [1.165, 1.54) is 11.1 Å². The number of hydrogen-bond donors (Lipinski definition) is 0. The SMILES string of the molecule is COc1cc2c(cc1OC)[C@H](C)[C@H]1COC[C@H]1C2. The van der Waals surface area contributed by atoms with Gasteiger partial charge in [-0.2, -0.15) is 0 Å². The average Bonchev–Trinajstić information content (AvgIpc) is 2.86. The van der Waals surface area contributed by atoms with Gasteiger partial charge in [-0.15, -0.1) is 0 Å². The molecule has 1 heterocycles. The van der Waals surface area contributed by atoms with Gasteiger partial charge >= 0.3 is 0 Å². The van der Waals surface area contributed by atoms with Crippen molar-refractivity contribution in [1.82, 2.24) is 0 Å². The van der Waals surface area contributed by atoms with Crippen LogP contribution in [0.5, 0.6) is 11.5 Å².